The van der Waals surface area contributed by atoms with E-state index in [2.05, 4.69) is 6.92 Å². The van der Waals surface area contributed by atoms with E-state index < -0.39 is 0 Å². The van der Waals surface area contributed by atoms with Crippen molar-refractivity contribution in [2.24, 2.45) is 5.92 Å². The van der Waals surface area contributed by atoms with E-state index in [4.69, 9.17) is 9.84 Å². The highest BCUT2D eigenvalue weighted by atomic mass is 16.5. The van der Waals surface area contributed by atoms with E-state index in [1.54, 1.807) is 7.11 Å². The Morgan fingerprint density at radius 1 is 1.25 bits per heavy atom. The summed E-state index contributed by atoms with van der Waals surface area (Å²) in [4.78, 5) is 0. The smallest absolute Gasteiger partial charge is 0.0464 e. The molecule has 2 heteroatoms. The molecule has 0 unspecified atom stereocenters. The third-order valence-electron chi connectivity index (χ3n) is 2.33. The zero-order valence-electron chi connectivity index (χ0n) is 8.38. The third kappa shape index (κ3) is 6.62. The number of aliphatic hydroxyl groups excluding tert-OH is 1. The quantitative estimate of drug-likeness (QED) is 0.572. The van der Waals surface area contributed by atoms with Gasteiger partial charge in [0.25, 0.3) is 0 Å². The summed E-state index contributed by atoms with van der Waals surface area (Å²) in [6, 6.07) is 0. The van der Waals surface area contributed by atoms with Crippen LogP contribution in [0.25, 0.3) is 0 Å². The predicted octanol–water partition coefficient (Wildman–Crippen LogP) is 2.21. The second kappa shape index (κ2) is 9.01. The molecule has 0 aromatic heterocycles. The van der Waals surface area contributed by atoms with Gasteiger partial charge in [0.15, 0.2) is 0 Å². The molecule has 0 bridgehead atoms. The maximum absolute atomic E-state index is 8.60. The highest BCUT2D eigenvalue weighted by Crippen LogP contribution is 2.16. The van der Waals surface area contributed by atoms with Crippen LogP contribution in [0.4, 0.5) is 0 Å². The maximum Gasteiger partial charge on any atom is 0.0464 e. The fourth-order valence-electron chi connectivity index (χ4n) is 1.38. The summed E-state index contributed by atoms with van der Waals surface area (Å²) in [5.74, 6) is 0.788. The predicted molar refractivity (Wildman–Crippen MR) is 51.2 cm³/mol. The van der Waals surface area contributed by atoms with Crippen molar-refractivity contribution >= 4 is 0 Å². The first kappa shape index (κ1) is 11.9. The highest BCUT2D eigenvalue weighted by molar-refractivity contribution is 4.57. The second-order valence-corrected chi connectivity index (χ2v) is 3.28. The molecule has 0 amide bonds. The van der Waals surface area contributed by atoms with Crippen molar-refractivity contribution in [2.45, 2.75) is 39.0 Å². The average molecular weight is 174 g/mol. The minimum absolute atomic E-state index is 0.334. The van der Waals surface area contributed by atoms with Crippen LogP contribution in [-0.4, -0.2) is 25.4 Å². The van der Waals surface area contributed by atoms with Crippen LogP contribution in [0.1, 0.15) is 39.0 Å². The van der Waals surface area contributed by atoms with Gasteiger partial charge in [-0.05, 0) is 18.8 Å². The van der Waals surface area contributed by atoms with Gasteiger partial charge in [-0.15, -0.1) is 0 Å². The topological polar surface area (TPSA) is 29.5 Å². The van der Waals surface area contributed by atoms with Crippen LogP contribution in [0.2, 0.25) is 0 Å². The molecule has 0 fully saturated rings. The van der Waals surface area contributed by atoms with Crippen LogP contribution in [0, 0.1) is 5.92 Å². The summed E-state index contributed by atoms with van der Waals surface area (Å²) in [6.45, 7) is 3.43. The molecule has 0 saturated carbocycles. The number of methoxy groups -OCH3 is 1. The van der Waals surface area contributed by atoms with Crippen molar-refractivity contribution in [1.82, 2.24) is 0 Å². The van der Waals surface area contributed by atoms with Crippen molar-refractivity contribution < 1.29 is 9.84 Å². The molecular formula is C10H22O2. The number of hydrogen-bond donors (Lipinski definition) is 1. The standard InChI is InChI=1S/C10H22O2/c1-3-10(7-9-12-2)6-4-5-8-11/h10-11H,3-9H2,1-2H3/t10-/m1/s1. The summed E-state index contributed by atoms with van der Waals surface area (Å²) < 4.78 is 5.03. The fourth-order valence-corrected chi connectivity index (χ4v) is 1.38. The van der Waals surface area contributed by atoms with Gasteiger partial charge in [-0.2, -0.15) is 0 Å². The van der Waals surface area contributed by atoms with Gasteiger partial charge in [-0.3, -0.25) is 0 Å². The Bertz CT molecular complexity index is 83.9. The van der Waals surface area contributed by atoms with E-state index in [1.165, 1.54) is 19.3 Å². The molecule has 0 spiro atoms. The van der Waals surface area contributed by atoms with Gasteiger partial charge in [-0.1, -0.05) is 26.2 Å². The highest BCUT2D eigenvalue weighted by Gasteiger charge is 2.04. The van der Waals surface area contributed by atoms with Crippen LogP contribution < -0.4 is 0 Å². The lowest BCUT2D eigenvalue weighted by molar-refractivity contribution is 0.172. The Kier molecular flexibility index (Phi) is 8.95. The normalized spacial score (nSPS) is 13.2. The van der Waals surface area contributed by atoms with Crippen molar-refractivity contribution in [3.05, 3.63) is 0 Å². The van der Waals surface area contributed by atoms with Crippen molar-refractivity contribution in [1.29, 1.82) is 0 Å². The van der Waals surface area contributed by atoms with Gasteiger partial charge in [0.1, 0.15) is 0 Å². The molecule has 0 saturated heterocycles. The number of ether oxygens (including phenoxy) is 1. The van der Waals surface area contributed by atoms with E-state index in [0.29, 0.717) is 6.61 Å². The van der Waals surface area contributed by atoms with E-state index in [-0.39, 0.29) is 0 Å². The molecule has 1 N–H and O–H groups in total. The van der Waals surface area contributed by atoms with Crippen LogP contribution in [0.3, 0.4) is 0 Å². The zero-order valence-corrected chi connectivity index (χ0v) is 8.38. The molecule has 1 atom stereocenters. The molecule has 12 heavy (non-hydrogen) atoms. The van der Waals surface area contributed by atoms with Crippen LogP contribution in [0.5, 0.6) is 0 Å². The Morgan fingerprint density at radius 2 is 2.00 bits per heavy atom. The van der Waals surface area contributed by atoms with Gasteiger partial charge in [-0.25, -0.2) is 0 Å². The first-order valence-electron chi connectivity index (χ1n) is 4.95. The lowest BCUT2D eigenvalue weighted by atomic mass is 9.96. The number of rotatable bonds is 8. The van der Waals surface area contributed by atoms with Crippen LogP contribution >= 0.6 is 0 Å². The summed E-state index contributed by atoms with van der Waals surface area (Å²) in [5.41, 5.74) is 0. The van der Waals surface area contributed by atoms with Crippen molar-refractivity contribution in [2.75, 3.05) is 20.3 Å². The monoisotopic (exact) mass is 174 g/mol. The molecule has 0 radical (unpaired) electrons. The maximum atomic E-state index is 8.60. The Balaban J connectivity index is 3.26. The minimum Gasteiger partial charge on any atom is -0.396 e. The first-order chi connectivity index (χ1) is 5.85. The first-order valence-corrected chi connectivity index (χ1v) is 4.95. The molecule has 0 aliphatic carbocycles. The van der Waals surface area contributed by atoms with Crippen LogP contribution in [0.15, 0.2) is 0 Å². The van der Waals surface area contributed by atoms with E-state index in [0.717, 1.165) is 25.4 Å². The molecule has 74 valence electrons. The minimum atomic E-state index is 0.334. The van der Waals surface area contributed by atoms with E-state index >= 15 is 0 Å². The number of unbranched alkanes of at least 4 members (excludes halogenated alkanes) is 1. The zero-order chi connectivity index (χ0) is 9.23. The average Bonchev–Trinajstić information content (AvgIpc) is 2.11. The number of hydrogen-bond acceptors (Lipinski definition) is 2. The Morgan fingerprint density at radius 3 is 2.50 bits per heavy atom. The third-order valence-corrected chi connectivity index (χ3v) is 2.33. The molecule has 0 heterocycles. The molecule has 0 aromatic rings. The molecule has 0 aliphatic heterocycles. The molecule has 0 rings (SSSR count). The lowest BCUT2D eigenvalue weighted by Crippen LogP contribution is -2.03. The summed E-state index contributed by atoms with van der Waals surface area (Å²) in [7, 11) is 1.75. The Labute approximate surface area is 75.9 Å². The van der Waals surface area contributed by atoms with E-state index in [9.17, 15) is 0 Å². The fraction of sp³-hybridized carbons (Fsp3) is 1.00. The molecule has 2 nitrogen and oxygen atoms in total. The summed E-state index contributed by atoms with van der Waals surface area (Å²) in [6.07, 6.45) is 5.73. The molecular weight excluding hydrogens is 152 g/mol. The summed E-state index contributed by atoms with van der Waals surface area (Å²) in [5, 5.41) is 8.60. The molecule has 0 aliphatic rings. The lowest BCUT2D eigenvalue weighted by Gasteiger charge is -2.13. The van der Waals surface area contributed by atoms with Crippen molar-refractivity contribution in [3.8, 4) is 0 Å². The number of aliphatic hydroxyl groups is 1. The van der Waals surface area contributed by atoms with E-state index in [1.807, 2.05) is 0 Å². The Hall–Kier alpha value is -0.0800. The van der Waals surface area contributed by atoms with Gasteiger partial charge in [0.2, 0.25) is 0 Å². The van der Waals surface area contributed by atoms with Gasteiger partial charge in [0.05, 0.1) is 0 Å². The van der Waals surface area contributed by atoms with Gasteiger partial charge >= 0.3 is 0 Å². The van der Waals surface area contributed by atoms with Gasteiger partial charge < -0.3 is 9.84 Å². The SMILES string of the molecule is CC[C@H](CCCCO)CCOC. The largest absolute Gasteiger partial charge is 0.396 e. The van der Waals surface area contributed by atoms with Gasteiger partial charge in [0, 0.05) is 20.3 Å². The second-order valence-electron chi connectivity index (χ2n) is 3.28. The van der Waals surface area contributed by atoms with Crippen LogP contribution in [-0.2, 0) is 4.74 Å². The molecule has 0 aromatic carbocycles. The van der Waals surface area contributed by atoms with Crippen molar-refractivity contribution in [3.63, 3.8) is 0 Å². The summed E-state index contributed by atoms with van der Waals surface area (Å²) >= 11 is 0.